The van der Waals surface area contributed by atoms with Crippen LogP contribution in [0.2, 0.25) is 0 Å². The molecule has 1 fully saturated rings. The number of nitrogens with two attached hydrogens (primary N) is 1. The van der Waals surface area contributed by atoms with Gasteiger partial charge in [-0.25, -0.2) is 4.79 Å². The zero-order chi connectivity index (χ0) is 14.0. The van der Waals surface area contributed by atoms with E-state index in [1.807, 2.05) is 19.1 Å². The van der Waals surface area contributed by atoms with E-state index in [0.717, 1.165) is 25.1 Å². The Morgan fingerprint density at radius 1 is 1.47 bits per heavy atom. The summed E-state index contributed by atoms with van der Waals surface area (Å²) in [5, 5.41) is 0. The number of hydrogen-bond donors (Lipinski definition) is 1. The fourth-order valence-corrected chi connectivity index (χ4v) is 2.72. The zero-order valence-corrected chi connectivity index (χ0v) is 11.9. The lowest BCUT2D eigenvalue weighted by atomic mass is 10.0. The predicted molar refractivity (Wildman–Crippen MR) is 77.5 cm³/mol. The van der Waals surface area contributed by atoms with Gasteiger partial charge in [-0.2, -0.15) is 0 Å². The number of anilines is 2. The first-order valence-electron chi connectivity index (χ1n) is 6.80. The average molecular weight is 262 g/mol. The lowest BCUT2D eigenvalue weighted by Crippen LogP contribution is -2.39. The molecule has 1 aliphatic heterocycles. The summed E-state index contributed by atoms with van der Waals surface area (Å²) < 4.78 is 5.13. The molecule has 1 heterocycles. The number of nitrogen functional groups attached to an aromatic ring is 1. The van der Waals surface area contributed by atoms with E-state index in [-0.39, 0.29) is 11.5 Å². The summed E-state index contributed by atoms with van der Waals surface area (Å²) in [5.74, 6) is -0.299. The highest BCUT2D eigenvalue weighted by Crippen LogP contribution is 2.36. The van der Waals surface area contributed by atoms with Crippen LogP contribution in [-0.2, 0) is 4.74 Å². The van der Waals surface area contributed by atoms with Crippen LogP contribution in [-0.4, -0.2) is 24.7 Å². The van der Waals surface area contributed by atoms with Crippen molar-refractivity contribution in [1.29, 1.82) is 0 Å². The molecule has 19 heavy (non-hydrogen) atoms. The predicted octanol–water partition coefficient (Wildman–Crippen LogP) is 2.82. The third-order valence-corrected chi connectivity index (χ3v) is 3.71. The van der Waals surface area contributed by atoms with Crippen LogP contribution in [0.25, 0.3) is 0 Å². The highest BCUT2D eigenvalue weighted by molar-refractivity contribution is 5.97. The van der Waals surface area contributed by atoms with Crippen LogP contribution in [0.15, 0.2) is 18.2 Å². The minimum Gasteiger partial charge on any atom is -0.462 e. The Hall–Kier alpha value is -1.71. The molecule has 0 aromatic heterocycles. The van der Waals surface area contributed by atoms with Crippen LogP contribution in [0, 0.1) is 0 Å². The average Bonchev–Trinajstić information content (AvgIpc) is 2.69. The van der Waals surface area contributed by atoms with E-state index >= 15 is 0 Å². The minimum atomic E-state index is -0.299. The molecule has 0 amide bonds. The second-order valence-corrected chi connectivity index (χ2v) is 5.56. The molecule has 4 heteroatoms. The highest BCUT2D eigenvalue weighted by atomic mass is 16.5. The van der Waals surface area contributed by atoms with Gasteiger partial charge < -0.3 is 15.4 Å². The summed E-state index contributed by atoms with van der Waals surface area (Å²) in [5.41, 5.74) is 7.95. The Morgan fingerprint density at radius 2 is 2.21 bits per heavy atom. The molecule has 104 valence electrons. The van der Waals surface area contributed by atoms with E-state index in [2.05, 4.69) is 18.7 Å². The first-order chi connectivity index (χ1) is 8.95. The van der Waals surface area contributed by atoms with E-state index < -0.39 is 0 Å². The van der Waals surface area contributed by atoms with Gasteiger partial charge in [-0.3, -0.25) is 0 Å². The van der Waals surface area contributed by atoms with Crippen LogP contribution in [0.3, 0.4) is 0 Å². The molecule has 0 bridgehead atoms. The molecule has 4 nitrogen and oxygen atoms in total. The summed E-state index contributed by atoms with van der Waals surface area (Å²) in [6, 6.07) is 5.48. The summed E-state index contributed by atoms with van der Waals surface area (Å²) >= 11 is 0. The normalized spacial score (nSPS) is 17.5. The molecule has 0 radical (unpaired) electrons. The number of hydrogen-bond acceptors (Lipinski definition) is 4. The maximum Gasteiger partial charge on any atom is 0.340 e. The van der Waals surface area contributed by atoms with Gasteiger partial charge in [0.15, 0.2) is 0 Å². The van der Waals surface area contributed by atoms with Gasteiger partial charge in [0.05, 0.1) is 17.9 Å². The maximum atomic E-state index is 12.1. The first-order valence-corrected chi connectivity index (χ1v) is 6.80. The fraction of sp³-hybridized carbons (Fsp3) is 0.533. The molecule has 2 rings (SSSR count). The van der Waals surface area contributed by atoms with Gasteiger partial charge >= 0.3 is 5.97 Å². The lowest BCUT2D eigenvalue weighted by molar-refractivity contribution is 0.0527. The molecule has 1 saturated heterocycles. The molecular weight excluding hydrogens is 240 g/mol. The number of esters is 1. The molecule has 1 aliphatic rings. The SMILES string of the molecule is CCOC(=O)c1cc(N)ccc1N1CCCC1(C)C. The number of benzene rings is 1. The molecule has 1 aromatic rings. The van der Waals surface area contributed by atoms with Gasteiger partial charge in [0.1, 0.15) is 0 Å². The minimum absolute atomic E-state index is 0.0668. The van der Waals surface area contributed by atoms with Crippen LogP contribution in [0.4, 0.5) is 11.4 Å². The number of nitrogens with zero attached hydrogens (tertiary/aromatic N) is 1. The summed E-state index contributed by atoms with van der Waals surface area (Å²) in [7, 11) is 0. The second kappa shape index (κ2) is 5.11. The Kier molecular flexibility index (Phi) is 3.69. The van der Waals surface area contributed by atoms with E-state index in [9.17, 15) is 4.79 Å². The van der Waals surface area contributed by atoms with E-state index in [4.69, 9.17) is 10.5 Å². The quantitative estimate of drug-likeness (QED) is 0.672. The molecule has 0 unspecified atom stereocenters. The van der Waals surface area contributed by atoms with Crippen molar-refractivity contribution in [3.8, 4) is 0 Å². The Morgan fingerprint density at radius 3 is 2.79 bits per heavy atom. The van der Waals surface area contributed by atoms with Gasteiger partial charge in [0, 0.05) is 17.8 Å². The number of ether oxygens (including phenoxy) is 1. The molecule has 0 saturated carbocycles. The Bertz CT molecular complexity index is 483. The maximum absolute atomic E-state index is 12.1. The molecule has 0 atom stereocenters. The fourth-order valence-electron chi connectivity index (χ4n) is 2.72. The van der Waals surface area contributed by atoms with Crippen molar-refractivity contribution in [2.45, 2.75) is 39.2 Å². The number of carbonyl (C=O) groups is 1. The number of rotatable bonds is 3. The second-order valence-electron chi connectivity index (χ2n) is 5.56. The highest BCUT2D eigenvalue weighted by Gasteiger charge is 2.34. The van der Waals surface area contributed by atoms with Gasteiger partial charge in [-0.1, -0.05) is 0 Å². The molecule has 0 spiro atoms. The standard InChI is InChI=1S/C15H22N2O2/c1-4-19-14(18)12-10-11(16)6-7-13(12)17-9-5-8-15(17,2)3/h6-7,10H,4-5,8-9,16H2,1-3H3. The third-order valence-electron chi connectivity index (χ3n) is 3.71. The Labute approximate surface area is 114 Å². The van der Waals surface area contributed by atoms with Crippen LogP contribution in [0.1, 0.15) is 44.0 Å². The smallest absolute Gasteiger partial charge is 0.340 e. The first kappa shape index (κ1) is 13.7. The van der Waals surface area contributed by atoms with E-state index in [0.29, 0.717) is 17.9 Å². The molecule has 0 aliphatic carbocycles. The summed E-state index contributed by atoms with van der Waals surface area (Å²) in [6.45, 7) is 7.54. The van der Waals surface area contributed by atoms with Gasteiger partial charge in [-0.15, -0.1) is 0 Å². The van der Waals surface area contributed by atoms with E-state index in [1.54, 1.807) is 6.07 Å². The van der Waals surface area contributed by atoms with Crippen LogP contribution < -0.4 is 10.6 Å². The lowest BCUT2D eigenvalue weighted by Gasteiger charge is -2.34. The third kappa shape index (κ3) is 2.67. The van der Waals surface area contributed by atoms with Crippen LogP contribution in [0.5, 0.6) is 0 Å². The molecule has 1 aromatic carbocycles. The van der Waals surface area contributed by atoms with E-state index in [1.165, 1.54) is 0 Å². The van der Waals surface area contributed by atoms with Gasteiger partial charge in [0.2, 0.25) is 0 Å². The summed E-state index contributed by atoms with van der Waals surface area (Å²) in [6.07, 6.45) is 2.26. The molecular formula is C15H22N2O2. The van der Waals surface area contributed by atoms with Crippen molar-refractivity contribution in [1.82, 2.24) is 0 Å². The largest absolute Gasteiger partial charge is 0.462 e. The Balaban J connectivity index is 2.42. The van der Waals surface area contributed by atoms with Crippen LogP contribution >= 0.6 is 0 Å². The van der Waals surface area contributed by atoms with Crippen molar-refractivity contribution in [2.75, 3.05) is 23.8 Å². The summed E-state index contributed by atoms with van der Waals surface area (Å²) in [4.78, 5) is 14.4. The molecule has 2 N–H and O–H groups in total. The topological polar surface area (TPSA) is 55.6 Å². The van der Waals surface area contributed by atoms with Gasteiger partial charge in [-0.05, 0) is 51.8 Å². The van der Waals surface area contributed by atoms with Crippen molar-refractivity contribution in [2.24, 2.45) is 0 Å². The van der Waals surface area contributed by atoms with Crippen molar-refractivity contribution in [3.63, 3.8) is 0 Å². The van der Waals surface area contributed by atoms with Crippen molar-refractivity contribution in [3.05, 3.63) is 23.8 Å². The monoisotopic (exact) mass is 262 g/mol. The number of carbonyl (C=O) groups excluding carboxylic acids is 1. The van der Waals surface area contributed by atoms with Crippen molar-refractivity contribution < 1.29 is 9.53 Å². The van der Waals surface area contributed by atoms with Gasteiger partial charge in [0.25, 0.3) is 0 Å². The van der Waals surface area contributed by atoms with Crippen molar-refractivity contribution >= 4 is 17.3 Å². The zero-order valence-electron chi connectivity index (χ0n) is 11.9.